The standard InChI is InChI=1S/C51H98O6/c1-5-7-9-11-13-15-17-19-20-21-22-23-25-27-31-35-39-43-50(53)56-46-48(57-51(54)44-40-36-32-28-29-33-37-41-47(3)4)45-55-49(52)42-38-34-30-26-24-18-16-14-12-10-8-6-2/h47-48H,5-46H2,1-4H3/t48-/m0/s1. The third kappa shape index (κ3) is 45.3. The topological polar surface area (TPSA) is 78.9 Å². The van der Waals surface area contributed by atoms with Gasteiger partial charge in [0.05, 0.1) is 0 Å². The number of unbranched alkanes of at least 4 members (excludes halogenated alkanes) is 33. The molecule has 0 spiro atoms. The molecule has 0 N–H and O–H groups in total. The normalized spacial score (nSPS) is 11.9. The predicted molar refractivity (Wildman–Crippen MR) is 243 cm³/mol. The highest BCUT2D eigenvalue weighted by atomic mass is 16.6. The monoisotopic (exact) mass is 807 g/mol. The van der Waals surface area contributed by atoms with E-state index in [0.29, 0.717) is 19.3 Å². The summed E-state index contributed by atoms with van der Waals surface area (Å²) in [5, 5.41) is 0. The van der Waals surface area contributed by atoms with E-state index < -0.39 is 6.10 Å². The number of hydrogen-bond donors (Lipinski definition) is 0. The SMILES string of the molecule is CCCCCCCCCCCCCCCCCCCC(=O)OC[C@H](COC(=O)CCCCCCCCCCCCCC)OC(=O)CCCCCCCCCC(C)C. The van der Waals surface area contributed by atoms with Crippen molar-refractivity contribution < 1.29 is 28.6 Å². The molecule has 0 unspecified atom stereocenters. The van der Waals surface area contributed by atoms with Crippen LogP contribution in [0.4, 0.5) is 0 Å². The maximum absolute atomic E-state index is 12.7. The highest BCUT2D eigenvalue weighted by Gasteiger charge is 2.19. The molecule has 0 bridgehead atoms. The summed E-state index contributed by atoms with van der Waals surface area (Å²) in [6, 6.07) is 0. The van der Waals surface area contributed by atoms with Gasteiger partial charge in [0.1, 0.15) is 13.2 Å². The predicted octanol–water partition coefficient (Wildman–Crippen LogP) is 16.3. The largest absolute Gasteiger partial charge is 0.462 e. The molecule has 0 saturated heterocycles. The third-order valence-corrected chi connectivity index (χ3v) is 11.5. The molecule has 0 aliphatic carbocycles. The highest BCUT2D eigenvalue weighted by molar-refractivity contribution is 5.71. The summed E-state index contributed by atoms with van der Waals surface area (Å²) in [4.78, 5) is 37.8. The Morgan fingerprint density at radius 3 is 0.860 bits per heavy atom. The maximum atomic E-state index is 12.7. The molecule has 0 aliphatic heterocycles. The molecular weight excluding hydrogens is 709 g/mol. The summed E-state index contributed by atoms with van der Waals surface area (Å²) < 4.78 is 16.8. The molecule has 0 saturated carbocycles. The molecule has 338 valence electrons. The zero-order chi connectivity index (χ0) is 41.7. The van der Waals surface area contributed by atoms with E-state index in [-0.39, 0.29) is 31.1 Å². The van der Waals surface area contributed by atoms with Gasteiger partial charge in [0.15, 0.2) is 6.10 Å². The number of esters is 3. The van der Waals surface area contributed by atoms with Crippen LogP contribution >= 0.6 is 0 Å². The van der Waals surface area contributed by atoms with Crippen LogP contribution in [-0.4, -0.2) is 37.2 Å². The minimum atomic E-state index is -0.760. The molecule has 0 fully saturated rings. The van der Waals surface area contributed by atoms with E-state index in [4.69, 9.17) is 14.2 Å². The van der Waals surface area contributed by atoms with Gasteiger partial charge in [0, 0.05) is 19.3 Å². The molecule has 6 nitrogen and oxygen atoms in total. The van der Waals surface area contributed by atoms with Crippen molar-refractivity contribution in [2.75, 3.05) is 13.2 Å². The van der Waals surface area contributed by atoms with Crippen molar-refractivity contribution in [3.8, 4) is 0 Å². The van der Waals surface area contributed by atoms with Gasteiger partial charge in [-0.25, -0.2) is 0 Å². The Hall–Kier alpha value is -1.59. The zero-order valence-electron chi connectivity index (χ0n) is 38.8. The lowest BCUT2D eigenvalue weighted by atomic mass is 10.0. The minimum Gasteiger partial charge on any atom is -0.462 e. The molecule has 0 aromatic heterocycles. The van der Waals surface area contributed by atoms with Crippen molar-refractivity contribution in [2.45, 2.75) is 291 Å². The Morgan fingerprint density at radius 1 is 0.333 bits per heavy atom. The second kappa shape index (κ2) is 45.5. The first-order chi connectivity index (χ1) is 27.9. The molecule has 0 heterocycles. The minimum absolute atomic E-state index is 0.0637. The van der Waals surface area contributed by atoms with E-state index in [2.05, 4.69) is 27.7 Å². The average molecular weight is 807 g/mol. The molecule has 0 aromatic rings. The summed E-state index contributed by atoms with van der Waals surface area (Å²) in [5.41, 5.74) is 0. The first-order valence-electron chi connectivity index (χ1n) is 25.4. The Bertz CT molecular complexity index is 857. The molecule has 0 radical (unpaired) electrons. The van der Waals surface area contributed by atoms with Crippen LogP contribution in [0.2, 0.25) is 0 Å². The third-order valence-electron chi connectivity index (χ3n) is 11.5. The van der Waals surface area contributed by atoms with Gasteiger partial charge in [-0.15, -0.1) is 0 Å². The van der Waals surface area contributed by atoms with Crippen LogP contribution in [0.3, 0.4) is 0 Å². The Balaban J connectivity index is 4.25. The summed E-state index contributed by atoms with van der Waals surface area (Å²) in [7, 11) is 0. The van der Waals surface area contributed by atoms with E-state index in [9.17, 15) is 14.4 Å². The zero-order valence-corrected chi connectivity index (χ0v) is 38.8. The fourth-order valence-corrected chi connectivity index (χ4v) is 7.69. The Labute approximate surface area is 355 Å². The summed E-state index contributed by atoms with van der Waals surface area (Å²) in [5.74, 6) is -0.0719. The molecule has 0 amide bonds. The summed E-state index contributed by atoms with van der Waals surface area (Å²) >= 11 is 0. The van der Waals surface area contributed by atoms with Crippen molar-refractivity contribution >= 4 is 17.9 Å². The number of carbonyl (C=O) groups is 3. The lowest BCUT2D eigenvalue weighted by Crippen LogP contribution is -2.30. The molecule has 6 heteroatoms. The Morgan fingerprint density at radius 2 is 0.579 bits per heavy atom. The van der Waals surface area contributed by atoms with Crippen LogP contribution in [0.5, 0.6) is 0 Å². The summed E-state index contributed by atoms with van der Waals surface area (Å²) in [6.07, 6.45) is 46.7. The molecule has 57 heavy (non-hydrogen) atoms. The molecular formula is C51H98O6. The highest BCUT2D eigenvalue weighted by Crippen LogP contribution is 2.17. The Kier molecular flexibility index (Phi) is 44.2. The molecule has 0 aromatic carbocycles. The van der Waals surface area contributed by atoms with Crippen molar-refractivity contribution in [3.63, 3.8) is 0 Å². The van der Waals surface area contributed by atoms with E-state index in [0.717, 1.165) is 63.7 Å². The van der Waals surface area contributed by atoms with E-state index >= 15 is 0 Å². The van der Waals surface area contributed by atoms with Crippen LogP contribution < -0.4 is 0 Å². The fraction of sp³-hybridized carbons (Fsp3) is 0.941. The van der Waals surface area contributed by atoms with Crippen molar-refractivity contribution in [3.05, 3.63) is 0 Å². The lowest BCUT2D eigenvalue weighted by Gasteiger charge is -2.18. The van der Waals surface area contributed by atoms with Gasteiger partial charge in [-0.1, -0.05) is 246 Å². The van der Waals surface area contributed by atoms with Gasteiger partial charge in [0.2, 0.25) is 0 Å². The second-order valence-corrected chi connectivity index (χ2v) is 17.9. The number of rotatable bonds is 46. The average Bonchev–Trinajstić information content (AvgIpc) is 3.19. The molecule has 1 atom stereocenters. The van der Waals surface area contributed by atoms with Crippen LogP contribution in [0.15, 0.2) is 0 Å². The maximum Gasteiger partial charge on any atom is 0.306 e. The van der Waals surface area contributed by atoms with Crippen molar-refractivity contribution in [1.82, 2.24) is 0 Å². The van der Waals surface area contributed by atoms with Crippen LogP contribution in [0.25, 0.3) is 0 Å². The van der Waals surface area contributed by atoms with Gasteiger partial charge in [0.25, 0.3) is 0 Å². The van der Waals surface area contributed by atoms with Gasteiger partial charge >= 0.3 is 17.9 Å². The molecule has 0 rings (SSSR count). The quantitative estimate of drug-likeness (QED) is 0.0346. The van der Waals surface area contributed by atoms with Crippen LogP contribution in [-0.2, 0) is 28.6 Å². The van der Waals surface area contributed by atoms with Crippen LogP contribution in [0, 0.1) is 5.92 Å². The van der Waals surface area contributed by atoms with Crippen LogP contribution in [0.1, 0.15) is 285 Å². The van der Waals surface area contributed by atoms with Gasteiger partial charge < -0.3 is 14.2 Å². The second-order valence-electron chi connectivity index (χ2n) is 17.9. The summed E-state index contributed by atoms with van der Waals surface area (Å²) in [6.45, 7) is 8.97. The van der Waals surface area contributed by atoms with Gasteiger partial charge in [-0.05, 0) is 25.2 Å². The van der Waals surface area contributed by atoms with Gasteiger partial charge in [-0.3, -0.25) is 14.4 Å². The first kappa shape index (κ1) is 55.4. The van der Waals surface area contributed by atoms with Crippen molar-refractivity contribution in [1.29, 1.82) is 0 Å². The number of hydrogen-bond acceptors (Lipinski definition) is 6. The first-order valence-corrected chi connectivity index (χ1v) is 25.4. The van der Waals surface area contributed by atoms with E-state index in [1.165, 1.54) is 180 Å². The lowest BCUT2D eigenvalue weighted by molar-refractivity contribution is -0.167. The van der Waals surface area contributed by atoms with Gasteiger partial charge in [-0.2, -0.15) is 0 Å². The van der Waals surface area contributed by atoms with E-state index in [1.54, 1.807) is 0 Å². The van der Waals surface area contributed by atoms with Crippen molar-refractivity contribution in [2.24, 2.45) is 5.92 Å². The number of ether oxygens (including phenoxy) is 3. The fourth-order valence-electron chi connectivity index (χ4n) is 7.69. The molecule has 0 aliphatic rings. The number of carbonyl (C=O) groups excluding carboxylic acids is 3. The van der Waals surface area contributed by atoms with E-state index in [1.807, 2.05) is 0 Å². The smallest absolute Gasteiger partial charge is 0.306 e.